The van der Waals surface area contributed by atoms with Gasteiger partial charge in [-0.05, 0) is 33.9 Å². The zero-order valence-electron chi connectivity index (χ0n) is 25.1. The zero-order chi connectivity index (χ0) is 29.7. The lowest BCUT2D eigenvalue weighted by Crippen LogP contribution is -2.45. The van der Waals surface area contributed by atoms with Crippen molar-refractivity contribution in [3.05, 3.63) is 35.7 Å². The number of rotatable bonds is 13. The molecule has 40 heavy (non-hydrogen) atoms. The van der Waals surface area contributed by atoms with Gasteiger partial charge >= 0.3 is 0 Å². The Morgan fingerprint density at radius 2 is 1.95 bits per heavy atom. The zero-order valence-corrected chi connectivity index (χ0v) is 25.1. The number of carbonyl (C=O) groups excluding carboxylic acids is 2. The Labute approximate surface area is 238 Å². The van der Waals surface area contributed by atoms with E-state index in [4.69, 9.17) is 4.52 Å². The molecule has 0 unspecified atom stereocenters. The van der Waals surface area contributed by atoms with Crippen LogP contribution in [0.3, 0.4) is 0 Å². The molecule has 218 valence electrons. The average molecular weight is 553 g/mol. The van der Waals surface area contributed by atoms with Gasteiger partial charge in [-0.1, -0.05) is 50.8 Å². The van der Waals surface area contributed by atoms with Crippen LogP contribution in [0.5, 0.6) is 0 Å². The van der Waals surface area contributed by atoms with Crippen molar-refractivity contribution >= 4 is 29.4 Å². The number of anilines is 3. The lowest BCUT2D eigenvalue weighted by atomic mass is 9.93. The molecule has 0 aromatic carbocycles. The average Bonchev–Trinajstić information content (AvgIpc) is 3.38. The second-order valence-electron chi connectivity index (χ2n) is 10.8. The van der Waals surface area contributed by atoms with Crippen molar-refractivity contribution in [1.82, 2.24) is 30.2 Å². The minimum Gasteiger partial charge on any atom is -0.369 e. The second kappa shape index (κ2) is 15.6. The highest BCUT2D eigenvalue weighted by Gasteiger charge is 2.21. The minimum atomic E-state index is -0.573. The fraction of sp³-hybridized carbons (Fsp3) is 0.552. The number of carbonyl (C=O) groups is 2. The first-order chi connectivity index (χ1) is 18.9. The Morgan fingerprint density at radius 3 is 2.60 bits per heavy atom. The number of nitrogens with one attached hydrogen (secondary N) is 3. The summed E-state index contributed by atoms with van der Waals surface area (Å²) < 4.78 is 5.42. The number of amides is 2. The molecule has 0 aliphatic rings. The van der Waals surface area contributed by atoms with Crippen molar-refractivity contribution in [2.75, 3.05) is 51.4 Å². The van der Waals surface area contributed by atoms with Gasteiger partial charge < -0.3 is 30.3 Å². The normalized spacial score (nSPS) is 12.1. The van der Waals surface area contributed by atoms with Crippen LogP contribution in [0.4, 0.5) is 17.6 Å². The van der Waals surface area contributed by atoms with Crippen molar-refractivity contribution < 1.29 is 14.1 Å². The van der Waals surface area contributed by atoms with Gasteiger partial charge in [0.15, 0.2) is 5.82 Å². The van der Waals surface area contributed by atoms with Crippen LogP contribution < -0.4 is 16.0 Å². The number of aromatic nitrogens is 3. The van der Waals surface area contributed by atoms with Gasteiger partial charge in [-0.15, -0.1) is 0 Å². The Hall–Kier alpha value is -3.91. The SMILES string of the molecule is CCCNc1nc(Nc2cc(C(C)(C)C)on2)ncc1C#CCCCNC(=O)[C@H](C)N(C)C(=O)/C=C/CN(C)C. The summed E-state index contributed by atoms with van der Waals surface area (Å²) in [6.45, 7) is 11.8. The molecule has 0 bridgehead atoms. The first-order valence-electron chi connectivity index (χ1n) is 13.6. The maximum absolute atomic E-state index is 12.5. The number of hydrogen-bond donors (Lipinski definition) is 3. The fourth-order valence-corrected chi connectivity index (χ4v) is 3.26. The van der Waals surface area contributed by atoms with Crippen LogP contribution in [0.25, 0.3) is 0 Å². The number of unbranched alkanes of at least 4 members (excludes halogenated alkanes) is 1. The minimum absolute atomic E-state index is 0.152. The van der Waals surface area contributed by atoms with E-state index in [0.29, 0.717) is 49.1 Å². The summed E-state index contributed by atoms with van der Waals surface area (Å²) in [5.74, 6) is 8.20. The van der Waals surface area contributed by atoms with E-state index in [1.54, 1.807) is 26.2 Å². The van der Waals surface area contributed by atoms with E-state index < -0.39 is 6.04 Å². The van der Waals surface area contributed by atoms with E-state index in [-0.39, 0.29) is 17.2 Å². The van der Waals surface area contributed by atoms with Gasteiger partial charge in [-0.2, -0.15) is 4.98 Å². The van der Waals surface area contributed by atoms with Gasteiger partial charge in [0.1, 0.15) is 17.6 Å². The van der Waals surface area contributed by atoms with Gasteiger partial charge in [0, 0.05) is 50.7 Å². The maximum atomic E-state index is 12.5. The molecular formula is C29H44N8O3. The van der Waals surface area contributed by atoms with E-state index in [1.165, 1.54) is 11.0 Å². The highest BCUT2D eigenvalue weighted by molar-refractivity contribution is 5.92. The molecule has 3 N–H and O–H groups in total. The van der Waals surface area contributed by atoms with Crippen molar-refractivity contribution in [3.63, 3.8) is 0 Å². The summed E-state index contributed by atoms with van der Waals surface area (Å²) in [7, 11) is 5.47. The van der Waals surface area contributed by atoms with Crippen molar-refractivity contribution in [1.29, 1.82) is 0 Å². The highest BCUT2D eigenvalue weighted by Crippen LogP contribution is 2.25. The van der Waals surface area contributed by atoms with Gasteiger partial charge in [0.05, 0.1) is 11.8 Å². The molecule has 2 amide bonds. The quantitative estimate of drug-likeness (QED) is 0.194. The lowest BCUT2D eigenvalue weighted by Gasteiger charge is -2.23. The van der Waals surface area contributed by atoms with Crippen LogP contribution in [-0.2, 0) is 15.0 Å². The fourth-order valence-electron chi connectivity index (χ4n) is 3.26. The van der Waals surface area contributed by atoms with Crippen molar-refractivity contribution in [3.8, 4) is 11.8 Å². The summed E-state index contributed by atoms with van der Waals surface area (Å²) in [6, 6.07) is 1.27. The summed E-state index contributed by atoms with van der Waals surface area (Å²) in [4.78, 5) is 37.1. The number of likely N-dealkylation sites (N-methyl/N-ethyl adjacent to an activating group) is 2. The standard InChI is InChI=1S/C29H44N8O3/c1-9-16-30-26-22(20-32-28(34-26)33-24-19-23(40-35-24)29(3,4)5)14-11-10-12-17-31-27(39)21(2)37(8)25(38)15-13-18-36(6)7/h13,15,19-21H,9-10,12,16-18H2,1-8H3,(H,31,39)(H2,30,32,33,34,35)/b15-13+/t21-/m0/s1. The van der Waals surface area contributed by atoms with E-state index in [1.807, 2.05) is 25.1 Å². The summed E-state index contributed by atoms with van der Waals surface area (Å²) in [6.07, 6.45) is 7.13. The third-order valence-electron chi connectivity index (χ3n) is 5.86. The molecule has 0 spiro atoms. The first kappa shape index (κ1) is 32.3. The smallest absolute Gasteiger partial charge is 0.246 e. The van der Waals surface area contributed by atoms with Crippen LogP contribution in [0.15, 0.2) is 28.9 Å². The molecule has 11 heteroatoms. The molecule has 0 radical (unpaired) electrons. The van der Waals surface area contributed by atoms with Crippen molar-refractivity contribution in [2.45, 2.75) is 65.3 Å². The molecule has 0 aliphatic carbocycles. The molecule has 11 nitrogen and oxygen atoms in total. The lowest BCUT2D eigenvalue weighted by molar-refractivity contribution is -0.135. The first-order valence-corrected chi connectivity index (χ1v) is 13.6. The third-order valence-corrected chi connectivity index (χ3v) is 5.86. The van der Waals surface area contributed by atoms with Gasteiger partial charge in [0.2, 0.25) is 17.8 Å². The number of hydrogen-bond acceptors (Lipinski definition) is 9. The highest BCUT2D eigenvalue weighted by atomic mass is 16.5. The summed E-state index contributed by atoms with van der Waals surface area (Å²) >= 11 is 0. The van der Waals surface area contributed by atoms with Crippen molar-refractivity contribution in [2.24, 2.45) is 0 Å². The van der Waals surface area contributed by atoms with Crippen LogP contribution in [0.1, 0.15) is 65.2 Å². The predicted molar refractivity (Wildman–Crippen MR) is 158 cm³/mol. The molecule has 2 aromatic heterocycles. The summed E-state index contributed by atoms with van der Waals surface area (Å²) in [5, 5.41) is 13.3. The van der Waals surface area contributed by atoms with Gasteiger partial charge in [-0.3, -0.25) is 9.59 Å². The molecule has 0 saturated carbocycles. The topological polar surface area (TPSA) is 129 Å². The molecule has 2 aromatic rings. The van der Waals surface area contributed by atoms with Gasteiger partial charge in [0.25, 0.3) is 0 Å². The second-order valence-corrected chi connectivity index (χ2v) is 10.8. The Bertz CT molecular complexity index is 1200. The van der Waals surface area contributed by atoms with E-state index in [9.17, 15) is 9.59 Å². The predicted octanol–water partition coefficient (Wildman–Crippen LogP) is 3.54. The summed E-state index contributed by atoms with van der Waals surface area (Å²) in [5.41, 5.74) is 0.537. The van der Waals surface area contributed by atoms with E-state index in [0.717, 1.165) is 18.7 Å². The number of nitrogens with zero attached hydrogens (tertiary/aromatic N) is 5. The maximum Gasteiger partial charge on any atom is 0.246 e. The van der Waals surface area contributed by atoms with Crippen LogP contribution in [0, 0.1) is 11.8 Å². The van der Waals surface area contributed by atoms with Crippen LogP contribution in [-0.4, -0.2) is 83.6 Å². The molecule has 1 atom stereocenters. The molecule has 2 rings (SSSR count). The van der Waals surface area contributed by atoms with Crippen LogP contribution in [0.2, 0.25) is 0 Å². The monoisotopic (exact) mass is 552 g/mol. The Kier molecular flexibility index (Phi) is 12.6. The third kappa shape index (κ3) is 10.7. The molecule has 0 fully saturated rings. The van der Waals surface area contributed by atoms with E-state index in [2.05, 4.69) is 70.6 Å². The molecule has 0 saturated heterocycles. The molecule has 2 heterocycles. The molecule has 0 aliphatic heterocycles. The Morgan fingerprint density at radius 1 is 1.20 bits per heavy atom. The van der Waals surface area contributed by atoms with Gasteiger partial charge in [-0.25, -0.2) is 4.98 Å². The largest absolute Gasteiger partial charge is 0.369 e. The van der Waals surface area contributed by atoms with E-state index >= 15 is 0 Å². The van der Waals surface area contributed by atoms with Crippen LogP contribution >= 0.6 is 0 Å². The Balaban J connectivity index is 1.90. The molecular weight excluding hydrogens is 508 g/mol.